The Kier molecular flexibility index (Phi) is 3.16. The summed E-state index contributed by atoms with van der Waals surface area (Å²) in [5, 5.41) is 13.1. The highest BCUT2D eigenvalue weighted by atomic mass is 16.3. The predicted octanol–water partition coefficient (Wildman–Crippen LogP) is 1.30. The molecule has 0 saturated heterocycles. The monoisotopic (exact) mass is 259 g/mol. The maximum Gasteiger partial charge on any atom is 0.159 e. The van der Waals surface area contributed by atoms with Gasteiger partial charge in [-0.25, -0.2) is 9.97 Å². The highest BCUT2D eigenvalue weighted by molar-refractivity contribution is 5.38. The smallest absolute Gasteiger partial charge is 0.159 e. The van der Waals surface area contributed by atoms with Crippen molar-refractivity contribution in [3.63, 3.8) is 0 Å². The lowest BCUT2D eigenvalue weighted by Gasteiger charge is -2.17. The summed E-state index contributed by atoms with van der Waals surface area (Å²) in [4.78, 5) is 12.9. The number of imidazole rings is 1. The predicted molar refractivity (Wildman–Crippen MR) is 71.2 cm³/mol. The van der Waals surface area contributed by atoms with Crippen LogP contribution in [0.2, 0.25) is 0 Å². The molecule has 1 aliphatic rings. The van der Waals surface area contributed by atoms with E-state index in [2.05, 4.69) is 20.3 Å². The molecule has 0 unspecified atom stereocenters. The van der Waals surface area contributed by atoms with E-state index >= 15 is 0 Å². The van der Waals surface area contributed by atoms with E-state index in [0.29, 0.717) is 5.82 Å². The molecule has 2 aromatic rings. The third-order valence-electron chi connectivity index (χ3n) is 3.51. The van der Waals surface area contributed by atoms with Crippen molar-refractivity contribution in [2.45, 2.75) is 38.3 Å². The van der Waals surface area contributed by atoms with Gasteiger partial charge >= 0.3 is 0 Å². The standard InChI is InChI=1S/C13H17N5O/c1-9-15-5-6-18(9)13-8-14-7-12(17-13)16-10-3-2-4-11(10)19/h5-8,10-11,19H,2-4H2,1H3,(H,16,17)/t10-,11+/m0/s1. The number of rotatable bonds is 3. The summed E-state index contributed by atoms with van der Waals surface area (Å²) >= 11 is 0. The van der Waals surface area contributed by atoms with Gasteiger partial charge in [0, 0.05) is 12.4 Å². The zero-order valence-corrected chi connectivity index (χ0v) is 10.8. The average molecular weight is 259 g/mol. The quantitative estimate of drug-likeness (QED) is 0.868. The van der Waals surface area contributed by atoms with Crippen molar-refractivity contribution in [3.8, 4) is 5.82 Å². The number of nitrogens with zero attached hydrogens (tertiary/aromatic N) is 4. The van der Waals surface area contributed by atoms with Crippen LogP contribution in [0.25, 0.3) is 5.82 Å². The van der Waals surface area contributed by atoms with Gasteiger partial charge in [-0.1, -0.05) is 0 Å². The van der Waals surface area contributed by atoms with E-state index in [4.69, 9.17) is 0 Å². The molecule has 1 saturated carbocycles. The number of nitrogens with one attached hydrogen (secondary N) is 1. The molecule has 2 aromatic heterocycles. The first-order chi connectivity index (χ1) is 9.24. The second-order valence-corrected chi connectivity index (χ2v) is 4.86. The number of aliphatic hydroxyl groups excluding tert-OH is 1. The third-order valence-corrected chi connectivity index (χ3v) is 3.51. The van der Waals surface area contributed by atoms with Crippen LogP contribution < -0.4 is 5.32 Å². The molecule has 0 radical (unpaired) electrons. The van der Waals surface area contributed by atoms with Gasteiger partial charge in [-0.15, -0.1) is 0 Å². The minimum atomic E-state index is -0.291. The molecule has 1 aliphatic carbocycles. The SMILES string of the molecule is Cc1nccn1-c1cncc(N[C@H]2CCC[C@H]2O)n1. The lowest BCUT2D eigenvalue weighted by molar-refractivity contribution is 0.171. The van der Waals surface area contributed by atoms with Crippen LogP contribution in [0.5, 0.6) is 0 Å². The zero-order valence-electron chi connectivity index (χ0n) is 10.8. The third kappa shape index (κ3) is 2.44. The minimum absolute atomic E-state index is 0.0773. The van der Waals surface area contributed by atoms with Gasteiger partial charge in [0.1, 0.15) is 11.6 Å². The molecule has 1 fully saturated rings. The van der Waals surface area contributed by atoms with Crippen LogP contribution in [0.4, 0.5) is 5.82 Å². The first-order valence-corrected chi connectivity index (χ1v) is 6.51. The van der Waals surface area contributed by atoms with Crippen LogP contribution in [0, 0.1) is 6.92 Å². The number of aliphatic hydroxyl groups is 1. The van der Waals surface area contributed by atoms with Crippen LogP contribution in [0.1, 0.15) is 25.1 Å². The Morgan fingerprint density at radius 1 is 1.37 bits per heavy atom. The average Bonchev–Trinajstić information content (AvgIpc) is 3.00. The Morgan fingerprint density at radius 3 is 2.95 bits per heavy atom. The maximum absolute atomic E-state index is 9.82. The van der Waals surface area contributed by atoms with E-state index in [1.54, 1.807) is 18.6 Å². The highest BCUT2D eigenvalue weighted by Gasteiger charge is 2.25. The Hall–Kier alpha value is -1.95. The largest absolute Gasteiger partial charge is 0.391 e. The van der Waals surface area contributed by atoms with Gasteiger partial charge in [0.25, 0.3) is 0 Å². The lowest BCUT2D eigenvalue weighted by atomic mass is 10.2. The van der Waals surface area contributed by atoms with Crippen molar-refractivity contribution in [2.75, 3.05) is 5.32 Å². The summed E-state index contributed by atoms with van der Waals surface area (Å²) in [5.74, 6) is 2.29. The fraction of sp³-hybridized carbons (Fsp3) is 0.462. The second-order valence-electron chi connectivity index (χ2n) is 4.86. The van der Waals surface area contributed by atoms with Crippen molar-refractivity contribution >= 4 is 5.82 Å². The molecule has 6 nitrogen and oxygen atoms in total. The molecule has 3 rings (SSSR count). The van der Waals surface area contributed by atoms with Gasteiger partial charge < -0.3 is 10.4 Å². The van der Waals surface area contributed by atoms with E-state index < -0.39 is 0 Å². The van der Waals surface area contributed by atoms with Crippen molar-refractivity contribution in [2.24, 2.45) is 0 Å². The molecule has 0 bridgehead atoms. The number of aryl methyl sites for hydroxylation is 1. The molecule has 2 atom stereocenters. The van der Waals surface area contributed by atoms with Crippen molar-refractivity contribution in [1.29, 1.82) is 0 Å². The van der Waals surface area contributed by atoms with Crippen LogP contribution >= 0.6 is 0 Å². The van der Waals surface area contributed by atoms with Crippen LogP contribution in [0.15, 0.2) is 24.8 Å². The lowest BCUT2D eigenvalue weighted by Crippen LogP contribution is -2.28. The minimum Gasteiger partial charge on any atom is -0.391 e. The summed E-state index contributed by atoms with van der Waals surface area (Å²) < 4.78 is 1.88. The highest BCUT2D eigenvalue weighted by Crippen LogP contribution is 2.22. The van der Waals surface area contributed by atoms with Gasteiger partial charge in [0.05, 0.1) is 24.5 Å². The first-order valence-electron chi connectivity index (χ1n) is 6.51. The van der Waals surface area contributed by atoms with Crippen molar-refractivity contribution in [3.05, 3.63) is 30.6 Å². The van der Waals surface area contributed by atoms with Gasteiger partial charge in [0.2, 0.25) is 0 Å². The van der Waals surface area contributed by atoms with E-state index in [9.17, 15) is 5.11 Å². The fourth-order valence-corrected chi connectivity index (χ4v) is 2.46. The Balaban J connectivity index is 1.82. The normalized spacial score (nSPS) is 22.6. The second kappa shape index (κ2) is 4.97. The molecule has 0 aromatic carbocycles. The van der Waals surface area contributed by atoms with Crippen LogP contribution in [-0.2, 0) is 0 Å². The van der Waals surface area contributed by atoms with E-state index in [-0.39, 0.29) is 12.1 Å². The molecule has 19 heavy (non-hydrogen) atoms. The molecule has 2 N–H and O–H groups in total. The topological polar surface area (TPSA) is 75.9 Å². The van der Waals surface area contributed by atoms with Gasteiger partial charge in [-0.2, -0.15) is 0 Å². The summed E-state index contributed by atoms with van der Waals surface area (Å²) in [5.41, 5.74) is 0. The van der Waals surface area contributed by atoms with Crippen molar-refractivity contribution < 1.29 is 5.11 Å². The molecule has 0 spiro atoms. The zero-order chi connectivity index (χ0) is 13.2. The Morgan fingerprint density at radius 2 is 2.26 bits per heavy atom. The first kappa shape index (κ1) is 12.1. The molecular formula is C13H17N5O. The number of hydrogen-bond donors (Lipinski definition) is 2. The number of aromatic nitrogens is 4. The fourth-order valence-electron chi connectivity index (χ4n) is 2.46. The van der Waals surface area contributed by atoms with Gasteiger partial charge in [-0.3, -0.25) is 9.55 Å². The Bertz CT molecular complexity index is 568. The van der Waals surface area contributed by atoms with Gasteiger partial charge in [0.15, 0.2) is 5.82 Å². The number of anilines is 1. The van der Waals surface area contributed by atoms with Crippen molar-refractivity contribution in [1.82, 2.24) is 19.5 Å². The summed E-state index contributed by atoms with van der Waals surface area (Å²) in [6.45, 7) is 1.92. The molecule has 6 heteroatoms. The van der Waals surface area contributed by atoms with Crippen LogP contribution in [0.3, 0.4) is 0 Å². The summed E-state index contributed by atoms with van der Waals surface area (Å²) in [7, 11) is 0. The molecule has 0 aliphatic heterocycles. The van der Waals surface area contributed by atoms with E-state index in [1.165, 1.54) is 0 Å². The maximum atomic E-state index is 9.82. The Labute approximate surface area is 111 Å². The van der Waals surface area contributed by atoms with Crippen LogP contribution in [-0.4, -0.2) is 36.8 Å². The summed E-state index contributed by atoms with van der Waals surface area (Å²) in [6.07, 6.45) is 9.55. The molecule has 100 valence electrons. The number of hydrogen-bond acceptors (Lipinski definition) is 5. The van der Waals surface area contributed by atoms with E-state index in [1.807, 2.05) is 17.7 Å². The molecular weight excluding hydrogens is 242 g/mol. The summed E-state index contributed by atoms with van der Waals surface area (Å²) in [6, 6.07) is 0.0773. The van der Waals surface area contributed by atoms with Gasteiger partial charge in [-0.05, 0) is 26.2 Å². The molecule has 2 heterocycles. The molecule has 0 amide bonds. The van der Waals surface area contributed by atoms with E-state index in [0.717, 1.165) is 30.9 Å².